The van der Waals surface area contributed by atoms with Crippen LogP contribution < -0.4 is 44.6 Å². The first-order chi connectivity index (χ1) is 17.3. The van der Waals surface area contributed by atoms with Crippen LogP contribution in [0, 0.1) is 0 Å². The van der Waals surface area contributed by atoms with Crippen molar-refractivity contribution in [1.29, 1.82) is 0 Å². The molecule has 0 aliphatic heterocycles. The van der Waals surface area contributed by atoms with E-state index < -0.39 is 7.26 Å². The van der Waals surface area contributed by atoms with Crippen molar-refractivity contribution in [2.24, 2.45) is 0 Å². The second kappa shape index (κ2) is 12.6. The molecule has 0 atom stereocenters. The number of hydrogen-bond acceptors (Lipinski definition) is 1. The van der Waals surface area contributed by atoms with Gasteiger partial charge in [-0.3, -0.25) is 0 Å². The van der Waals surface area contributed by atoms with Gasteiger partial charge in [-0.1, -0.05) is 66.7 Å². The molecule has 0 aliphatic carbocycles. The van der Waals surface area contributed by atoms with Crippen molar-refractivity contribution in [2.75, 3.05) is 13.3 Å². The van der Waals surface area contributed by atoms with Crippen LogP contribution in [0.4, 0.5) is 0 Å². The molecule has 1 aromatic heterocycles. The van der Waals surface area contributed by atoms with E-state index in [1.165, 1.54) is 45.8 Å². The third kappa shape index (κ3) is 5.38. The van der Waals surface area contributed by atoms with Gasteiger partial charge in [0, 0.05) is 18.1 Å². The first-order valence-corrected chi connectivity index (χ1v) is 14.5. The van der Waals surface area contributed by atoms with Gasteiger partial charge in [0.25, 0.3) is 0 Å². The molecule has 0 bridgehead atoms. The highest BCUT2D eigenvalue weighted by Crippen LogP contribution is 2.56. The minimum absolute atomic E-state index is 0. The van der Waals surface area contributed by atoms with Gasteiger partial charge in [0.05, 0.1) is 18.8 Å². The van der Waals surface area contributed by atoms with E-state index in [9.17, 15) is 0 Å². The Morgan fingerprint density at radius 1 is 0.611 bits per heavy atom. The monoisotopic (exact) mass is 605 g/mol. The van der Waals surface area contributed by atoms with Gasteiger partial charge in [0.1, 0.15) is 28.9 Å². The number of rotatable bonds is 10. The summed E-state index contributed by atoms with van der Waals surface area (Å²) in [5, 5.41) is 5.65. The number of para-hydroxylation sites is 1. The molecule has 0 saturated heterocycles. The predicted octanol–water partition coefficient (Wildman–Crippen LogP) is 3.82. The average molecular weight is 606 g/mol. The molecule has 0 spiro atoms. The van der Waals surface area contributed by atoms with Gasteiger partial charge in [-0.25, -0.2) is 0 Å². The number of aryl methyl sites for hydroxylation is 1. The van der Waals surface area contributed by atoms with Crippen LogP contribution in [0.5, 0.6) is 5.75 Å². The first-order valence-electron chi connectivity index (χ1n) is 12.5. The Morgan fingerprint density at radius 3 is 1.69 bits per heavy atom. The zero-order chi connectivity index (χ0) is 23.9. The van der Waals surface area contributed by atoms with Gasteiger partial charge in [0.2, 0.25) is 0 Å². The maximum Gasteiger partial charge on any atom is 0.143 e. The second-order valence-electron chi connectivity index (χ2n) is 9.01. The average Bonchev–Trinajstić information content (AvgIpc) is 3.35. The Kier molecular flexibility index (Phi) is 9.23. The lowest BCUT2D eigenvalue weighted by Gasteiger charge is -2.27. The number of nitrogens with zero attached hydrogens (tertiary/aromatic N) is 1. The van der Waals surface area contributed by atoms with Crippen molar-refractivity contribution >= 4 is 34.1 Å². The van der Waals surface area contributed by atoms with Crippen LogP contribution in [0.15, 0.2) is 121 Å². The first kappa shape index (κ1) is 26.4. The number of halogens is 1. The zero-order valence-electron chi connectivity index (χ0n) is 20.8. The Hall–Kier alpha value is -2.62. The van der Waals surface area contributed by atoms with Crippen molar-refractivity contribution in [1.82, 2.24) is 4.57 Å². The SMILES string of the molecule is COc1cccc2ccn(CCCCC[P+](c3ccccc3)(c3ccccc3)c3ccccc3)c12.[I-]. The zero-order valence-corrected chi connectivity index (χ0v) is 23.8. The number of benzene rings is 4. The summed E-state index contributed by atoms with van der Waals surface area (Å²) in [5.74, 6) is 0.953. The molecular formula is C32H33INOP. The Morgan fingerprint density at radius 2 is 1.17 bits per heavy atom. The number of methoxy groups -OCH3 is 1. The molecule has 5 rings (SSSR count). The molecule has 0 N–H and O–H groups in total. The number of ether oxygens (including phenoxy) is 1. The molecule has 5 aromatic rings. The summed E-state index contributed by atoms with van der Waals surface area (Å²) >= 11 is 0. The van der Waals surface area contributed by atoms with E-state index in [1.807, 2.05) is 0 Å². The minimum atomic E-state index is -1.73. The van der Waals surface area contributed by atoms with Crippen LogP contribution >= 0.6 is 7.26 Å². The fourth-order valence-corrected chi connectivity index (χ4v) is 9.68. The van der Waals surface area contributed by atoms with E-state index in [0.717, 1.165) is 18.7 Å². The molecule has 2 nitrogen and oxygen atoms in total. The molecule has 0 amide bonds. The number of fused-ring (bicyclic) bond motifs is 1. The lowest BCUT2D eigenvalue weighted by atomic mass is 10.2. The highest BCUT2D eigenvalue weighted by Gasteiger charge is 2.44. The molecule has 36 heavy (non-hydrogen) atoms. The van der Waals surface area contributed by atoms with Crippen LogP contribution in [-0.4, -0.2) is 17.8 Å². The summed E-state index contributed by atoms with van der Waals surface area (Å²) in [6, 6.07) is 42.1. The smallest absolute Gasteiger partial charge is 0.143 e. The maximum absolute atomic E-state index is 5.63. The molecule has 4 heteroatoms. The molecule has 4 aromatic carbocycles. The summed E-state index contributed by atoms with van der Waals surface area (Å²) in [6.07, 6.45) is 6.93. The number of aromatic nitrogens is 1. The van der Waals surface area contributed by atoms with Crippen LogP contribution in [0.2, 0.25) is 0 Å². The van der Waals surface area contributed by atoms with Gasteiger partial charge < -0.3 is 33.3 Å². The standard InChI is InChI=1S/C32H33NOP.HI/c1-34-31-22-14-15-27-23-25-33(32(27)31)24-12-5-13-26-35(28-16-6-2-7-17-28,29-18-8-3-9-19-29)30-20-10-4-11-21-30;/h2-4,6-11,14-23,25H,5,12-13,24,26H2,1H3;1H/q+1;/p-1. The molecule has 184 valence electrons. The van der Waals surface area contributed by atoms with E-state index in [-0.39, 0.29) is 24.0 Å². The lowest BCUT2D eigenvalue weighted by molar-refractivity contribution is -0.00000711. The summed E-state index contributed by atoms with van der Waals surface area (Å²) in [6.45, 7) is 1.01. The van der Waals surface area contributed by atoms with Crippen molar-refractivity contribution in [3.05, 3.63) is 121 Å². The van der Waals surface area contributed by atoms with Crippen LogP contribution in [0.25, 0.3) is 10.9 Å². The largest absolute Gasteiger partial charge is 1.00 e. The predicted molar refractivity (Wildman–Crippen MR) is 152 cm³/mol. The lowest BCUT2D eigenvalue weighted by Crippen LogP contribution is -3.00. The van der Waals surface area contributed by atoms with Gasteiger partial charge in [-0.2, -0.15) is 0 Å². The molecule has 0 radical (unpaired) electrons. The third-order valence-electron chi connectivity index (χ3n) is 6.95. The van der Waals surface area contributed by atoms with Crippen LogP contribution in [0.3, 0.4) is 0 Å². The minimum Gasteiger partial charge on any atom is -1.00 e. The van der Waals surface area contributed by atoms with Crippen molar-refractivity contribution in [2.45, 2.75) is 25.8 Å². The quantitative estimate of drug-likeness (QED) is 0.134. The van der Waals surface area contributed by atoms with Crippen LogP contribution in [0.1, 0.15) is 19.3 Å². The highest BCUT2D eigenvalue weighted by molar-refractivity contribution is 7.95. The van der Waals surface area contributed by atoms with Gasteiger partial charge in [0.15, 0.2) is 0 Å². The Labute approximate surface area is 232 Å². The summed E-state index contributed by atoms with van der Waals surface area (Å²) in [4.78, 5) is 0. The van der Waals surface area contributed by atoms with Gasteiger partial charge >= 0.3 is 0 Å². The molecular weight excluding hydrogens is 572 g/mol. The Bertz CT molecular complexity index is 1260. The fourth-order valence-electron chi connectivity index (χ4n) is 5.27. The molecule has 0 saturated carbocycles. The fraction of sp³-hybridized carbons (Fsp3) is 0.188. The van der Waals surface area contributed by atoms with E-state index in [2.05, 4.69) is 126 Å². The van der Waals surface area contributed by atoms with E-state index in [1.54, 1.807) is 7.11 Å². The van der Waals surface area contributed by atoms with Crippen molar-refractivity contribution in [3.8, 4) is 5.75 Å². The van der Waals surface area contributed by atoms with Crippen molar-refractivity contribution < 1.29 is 28.7 Å². The molecule has 0 unspecified atom stereocenters. The van der Waals surface area contributed by atoms with E-state index >= 15 is 0 Å². The topological polar surface area (TPSA) is 14.2 Å². The van der Waals surface area contributed by atoms with Crippen LogP contribution in [-0.2, 0) is 6.54 Å². The maximum atomic E-state index is 5.63. The normalized spacial score (nSPS) is 11.2. The summed E-state index contributed by atoms with van der Waals surface area (Å²) < 4.78 is 7.98. The number of hydrogen-bond donors (Lipinski definition) is 0. The van der Waals surface area contributed by atoms with E-state index in [4.69, 9.17) is 4.74 Å². The van der Waals surface area contributed by atoms with Gasteiger partial charge in [-0.05, 0) is 67.8 Å². The summed E-state index contributed by atoms with van der Waals surface area (Å²) in [7, 11) is 0.0240. The third-order valence-corrected chi connectivity index (χ3v) is 11.5. The number of unbranched alkanes of at least 4 members (excludes halogenated alkanes) is 2. The second-order valence-corrected chi connectivity index (χ2v) is 12.6. The van der Waals surface area contributed by atoms with Gasteiger partial charge in [-0.15, -0.1) is 0 Å². The molecule has 1 heterocycles. The summed E-state index contributed by atoms with van der Waals surface area (Å²) in [5.41, 5.74) is 1.20. The van der Waals surface area contributed by atoms with Crippen molar-refractivity contribution in [3.63, 3.8) is 0 Å². The molecule has 0 fully saturated rings. The Balaban J connectivity index is 0.00000304. The van der Waals surface area contributed by atoms with E-state index in [0.29, 0.717) is 0 Å². The highest BCUT2D eigenvalue weighted by atomic mass is 127. The molecule has 0 aliphatic rings.